The van der Waals surface area contributed by atoms with Crippen LogP contribution in [0.3, 0.4) is 0 Å². The van der Waals surface area contributed by atoms with Crippen LogP contribution in [0.2, 0.25) is 0 Å². The van der Waals surface area contributed by atoms with Crippen LogP contribution in [-0.2, 0) is 6.42 Å². The lowest BCUT2D eigenvalue weighted by Gasteiger charge is -2.13. The molecule has 18 heavy (non-hydrogen) atoms. The zero-order valence-corrected chi connectivity index (χ0v) is 11.5. The first-order valence-corrected chi connectivity index (χ1v) is 6.40. The number of hydrogen-bond donors (Lipinski definition) is 1. The van der Waals surface area contributed by atoms with Crippen molar-refractivity contribution in [2.45, 2.75) is 19.4 Å². The highest BCUT2D eigenvalue weighted by Gasteiger charge is 2.15. The van der Waals surface area contributed by atoms with Crippen molar-refractivity contribution >= 4 is 15.9 Å². The van der Waals surface area contributed by atoms with E-state index in [-0.39, 0.29) is 5.56 Å². The summed E-state index contributed by atoms with van der Waals surface area (Å²) < 4.78 is 14.4. The van der Waals surface area contributed by atoms with Crippen molar-refractivity contribution in [1.29, 1.82) is 0 Å². The molecule has 1 aromatic heterocycles. The summed E-state index contributed by atoms with van der Waals surface area (Å²) in [7, 11) is 0. The Hall–Kier alpha value is -1.26. The molecule has 0 bridgehead atoms. The zero-order chi connectivity index (χ0) is 13.1. The highest BCUT2D eigenvalue weighted by Crippen LogP contribution is 2.24. The van der Waals surface area contributed by atoms with Crippen LogP contribution in [0.1, 0.15) is 22.9 Å². The quantitative estimate of drug-likeness (QED) is 0.940. The maximum absolute atomic E-state index is 13.6. The van der Waals surface area contributed by atoms with Gasteiger partial charge in [-0.15, -0.1) is 0 Å². The van der Waals surface area contributed by atoms with E-state index in [2.05, 4.69) is 20.9 Å². The van der Waals surface area contributed by atoms with Crippen molar-refractivity contribution in [3.8, 4) is 0 Å². The van der Waals surface area contributed by atoms with E-state index in [0.29, 0.717) is 6.42 Å². The third kappa shape index (κ3) is 2.94. The lowest BCUT2D eigenvalue weighted by molar-refractivity contribution is 0.172. The molecule has 0 radical (unpaired) electrons. The standard InChI is InChI=1S/C14H13BrFNO/c1-9-3-2-6-17-13(9)8-14(18)11-7-10(15)4-5-12(11)16/h2-7,14,18H,8H2,1H3. The van der Waals surface area contributed by atoms with Gasteiger partial charge in [0.2, 0.25) is 0 Å². The maximum Gasteiger partial charge on any atom is 0.129 e. The Morgan fingerprint density at radius 2 is 2.17 bits per heavy atom. The summed E-state index contributed by atoms with van der Waals surface area (Å²) in [6.45, 7) is 1.92. The summed E-state index contributed by atoms with van der Waals surface area (Å²) >= 11 is 3.27. The lowest BCUT2D eigenvalue weighted by Crippen LogP contribution is -2.07. The van der Waals surface area contributed by atoms with E-state index < -0.39 is 11.9 Å². The molecule has 0 amide bonds. The average molecular weight is 310 g/mol. The third-order valence-electron chi connectivity index (χ3n) is 2.82. The molecule has 2 aromatic rings. The lowest BCUT2D eigenvalue weighted by atomic mass is 10.0. The Morgan fingerprint density at radius 1 is 1.39 bits per heavy atom. The molecule has 0 fully saturated rings. The van der Waals surface area contributed by atoms with Gasteiger partial charge in [0.25, 0.3) is 0 Å². The van der Waals surface area contributed by atoms with Crippen molar-refractivity contribution in [2.24, 2.45) is 0 Å². The minimum absolute atomic E-state index is 0.287. The normalized spacial score (nSPS) is 12.4. The van der Waals surface area contributed by atoms with Crippen molar-refractivity contribution in [2.75, 3.05) is 0 Å². The van der Waals surface area contributed by atoms with Gasteiger partial charge in [0.1, 0.15) is 5.82 Å². The maximum atomic E-state index is 13.6. The fourth-order valence-electron chi connectivity index (χ4n) is 1.80. The van der Waals surface area contributed by atoms with E-state index in [4.69, 9.17) is 0 Å². The number of hydrogen-bond acceptors (Lipinski definition) is 2. The molecular weight excluding hydrogens is 297 g/mol. The Morgan fingerprint density at radius 3 is 2.89 bits per heavy atom. The second-order valence-electron chi connectivity index (χ2n) is 4.15. The SMILES string of the molecule is Cc1cccnc1CC(O)c1cc(Br)ccc1F. The van der Waals surface area contributed by atoms with Gasteiger partial charge in [-0.1, -0.05) is 22.0 Å². The van der Waals surface area contributed by atoms with Crippen molar-refractivity contribution in [3.63, 3.8) is 0 Å². The van der Waals surface area contributed by atoms with Gasteiger partial charge in [-0.05, 0) is 36.8 Å². The van der Waals surface area contributed by atoms with Crippen LogP contribution in [0.5, 0.6) is 0 Å². The summed E-state index contributed by atoms with van der Waals surface area (Å²) in [4.78, 5) is 4.20. The van der Waals surface area contributed by atoms with Crippen LogP contribution in [0, 0.1) is 12.7 Å². The molecule has 2 rings (SSSR count). The third-order valence-corrected chi connectivity index (χ3v) is 3.31. The molecular formula is C14H13BrFNO. The Kier molecular flexibility index (Phi) is 4.09. The van der Waals surface area contributed by atoms with Crippen molar-refractivity contribution < 1.29 is 9.50 Å². The van der Waals surface area contributed by atoms with Gasteiger partial charge >= 0.3 is 0 Å². The van der Waals surface area contributed by atoms with Crippen molar-refractivity contribution in [3.05, 3.63) is 63.6 Å². The molecule has 4 heteroatoms. The highest BCUT2D eigenvalue weighted by molar-refractivity contribution is 9.10. The molecule has 0 saturated carbocycles. The van der Waals surface area contributed by atoms with E-state index in [9.17, 15) is 9.50 Å². The first-order valence-electron chi connectivity index (χ1n) is 5.61. The van der Waals surface area contributed by atoms with Gasteiger partial charge in [-0.2, -0.15) is 0 Å². The first kappa shape index (κ1) is 13.2. The number of nitrogens with zero attached hydrogens (tertiary/aromatic N) is 1. The molecule has 2 nitrogen and oxygen atoms in total. The van der Waals surface area contributed by atoms with E-state index in [1.54, 1.807) is 18.3 Å². The van der Waals surface area contributed by atoms with Gasteiger partial charge in [-0.3, -0.25) is 4.98 Å². The molecule has 1 unspecified atom stereocenters. The predicted octanol–water partition coefficient (Wildman–Crippen LogP) is 3.57. The van der Waals surface area contributed by atoms with E-state index in [1.807, 2.05) is 19.1 Å². The second kappa shape index (κ2) is 5.59. The van der Waals surface area contributed by atoms with E-state index >= 15 is 0 Å². The number of aliphatic hydroxyl groups excluding tert-OH is 1. The molecule has 1 atom stereocenters. The van der Waals surface area contributed by atoms with Crippen LogP contribution in [0.4, 0.5) is 4.39 Å². The molecule has 0 spiro atoms. The summed E-state index contributed by atoms with van der Waals surface area (Å²) in [5.41, 5.74) is 2.06. The average Bonchev–Trinajstić information content (AvgIpc) is 2.35. The monoisotopic (exact) mass is 309 g/mol. The van der Waals surface area contributed by atoms with Crippen molar-refractivity contribution in [1.82, 2.24) is 4.98 Å². The fourth-order valence-corrected chi connectivity index (χ4v) is 2.17. The summed E-state index contributed by atoms with van der Waals surface area (Å²) in [5.74, 6) is -0.403. The minimum atomic E-state index is -0.893. The summed E-state index contributed by atoms with van der Waals surface area (Å²) in [5, 5.41) is 10.1. The highest BCUT2D eigenvalue weighted by atomic mass is 79.9. The Bertz CT molecular complexity index is 559. The van der Waals surface area contributed by atoms with Gasteiger partial charge in [0, 0.05) is 28.3 Å². The van der Waals surface area contributed by atoms with Crippen LogP contribution < -0.4 is 0 Å². The molecule has 0 aliphatic carbocycles. The number of aromatic nitrogens is 1. The fraction of sp³-hybridized carbons (Fsp3) is 0.214. The van der Waals surface area contributed by atoms with Crippen LogP contribution >= 0.6 is 15.9 Å². The number of rotatable bonds is 3. The number of pyridine rings is 1. The van der Waals surface area contributed by atoms with Gasteiger partial charge < -0.3 is 5.11 Å². The summed E-state index contributed by atoms with van der Waals surface area (Å²) in [6.07, 6.45) is 1.09. The Labute approximate surface area is 114 Å². The van der Waals surface area contributed by atoms with Gasteiger partial charge in [0.05, 0.1) is 6.10 Å². The second-order valence-corrected chi connectivity index (χ2v) is 5.07. The molecule has 94 valence electrons. The molecule has 0 aliphatic heterocycles. The van der Waals surface area contributed by atoms with E-state index in [1.165, 1.54) is 6.07 Å². The molecule has 0 aliphatic rings. The smallest absolute Gasteiger partial charge is 0.129 e. The molecule has 0 saturated heterocycles. The largest absolute Gasteiger partial charge is 0.388 e. The van der Waals surface area contributed by atoms with Crippen LogP contribution in [-0.4, -0.2) is 10.1 Å². The zero-order valence-electron chi connectivity index (χ0n) is 9.90. The first-order chi connectivity index (χ1) is 8.58. The number of benzene rings is 1. The van der Waals surface area contributed by atoms with Gasteiger partial charge in [0.15, 0.2) is 0 Å². The topological polar surface area (TPSA) is 33.1 Å². The van der Waals surface area contributed by atoms with Crippen LogP contribution in [0.15, 0.2) is 41.0 Å². The number of halogens is 2. The van der Waals surface area contributed by atoms with Gasteiger partial charge in [-0.25, -0.2) is 4.39 Å². The molecule has 1 aromatic carbocycles. The minimum Gasteiger partial charge on any atom is -0.388 e. The van der Waals surface area contributed by atoms with E-state index in [0.717, 1.165) is 15.7 Å². The predicted molar refractivity (Wildman–Crippen MR) is 71.7 cm³/mol. The molecule has 1 heterocycles. The Balaban J connectivity index is 2.25. The van der Waals surface area contributed by atoms with Crippen LogP contribution in [0.25, 0.3) is 0 Å². The summed E-state index contributed by atoms with van der Waals surface area (Å²) in [6, 6.07) is 8.31. The number of aliphatic hydroxyl groups is 1. The number of aryl methyl sites for hydroxylation is 1. The molecule has 1 N–H and O–H groups in total.